The molecular formula is C21H26ClF3N2O3. The molecule has 30 heavy (non-hydrogen) atoms. The molecule has 0 saturated heterocycles. The zero-order valence-electron chi connectivity index (χ0n) is 17.3. The fourth-order valence-corrected chi connectivity index (χ4v) is 2.81. The summed E-state index contributed by atoms with van der Waals surface area (Å²) in [6, 6.07) is 12.1. The first kappa shape index (κ1) is 25.6. The summed E-state index contributed by atoms with van der Waals surface area (Å²) in [6.45, 7) is 0.0949. The zero-order valence-corrected chi connectivity index (χ0v) is 18.1. The van der Waals surface area contributed by atoms with E-state index in [4.69, 9.17) is 9.47 Å². The first-order valence-electron chi connectivity index (χ1n) is 9.04. The van der Waals surface area contributed by atoms with Crippen molar-refractivity contribution in [2.24, 2.45) is 0 Å². The molecule has 0 spiro atoms. The largest absolute Gasteiger partial charge is 0.493 e. The lowest BCUT2D eigenvalue weighted by atomic mass is 10.0. The van der Waals surface area contributed by atoms with Crippen LogP contribution in [0.3, 0.4) is 0 Å². The van der Waals surface area contributed by atoms with E-state index < -0.39 is 17.8 Å². The highest BCUT2D eigenvalue weighted by Crippen LogP contribution is 2.36. The summed E-state index contributed by atoms with van der Waals surface area (Å²) in [7, 11) is 6.91. The van der Waals surface area contributed by atoms with Gasteiger partial charge in [0, 0.05) is 26.6 Å². The second kappa shape index (κ2) is 11.1. The van der Waals surface area contributed by atoms with Crippen molar-refractivity contribution < 1.29 is 27.4 Å². The highest BCUT2D eigenvalue weighted by atomic mass is 35.5. The Labute approximate surface area is 180 Å². The van der Waals surface area contributed by atoms with Gasteiger partial charge in [-0.2, -0.15) is 13.2 Å². The first-order valence-corrected chi connectivity index (χ1v) is 9.04. The van der Waals surface area contributed by atoms with Gasteiger partial charge in [-0.1, -0.05) is 24.3 Å². The van der Waals surface area contributed by atoms with Crippen LogP contribution in [0.2, 0.25) is 0 Å². The van der Waals surface area contributed by atoms with E-state index in [9.17, 15) is 18.0 Å². The number of hydrogen-bond donors (Lipinski definition) is 0. The van der Waals surface area contributed by atoms with Crippen LogP contribution in [0.4, 0.5) is 18.0 Å². The molecule has 2 rings (SSSR count). The van der Waals surface area contributed by atoms with Crippen molar-refractivity contribution in [1.29, 1.82) is 0 Å². The molecule has 2 aromatic carbocycles. The van der Waals surface area contributed by atoms with Crippen LogP contribution in [0.5, 0.6) is 11.5 Å². The predicted octanol–water partition coefficient (Wildman–Crippen LogP) is 5.26. The Bertz CT molecular complexity index is 829. The maximum atomic E-state index is 13.1. The van der Waals surface area contributed by atoms with Crippen molar-refractivity contribution >= 4 is 18.5 Å². The summed E-state index contributed by atoms with van der Waals surface area (Å²) in [5, 5.41) is 0. The zero-order chi connectivity index (χ0) is 21.6. The van der Waals surface area contributed by atoms with Gasteiger partial charge in [-0.25, -0.2) is 4.79 Å². The average Bonchev–Trinajstić information content (AvgIpc) is 2.64. The molecule has 0 aliphatic rings. The molecule has 1 unspecified atom stereocenters. The molecule has 1 atom stereocenters. The Morgan fingerprint density at radius 2 is 1.70 bits per heavy atom. The van der Waals surface area contributed by atoms with Crippen LogP contribution in [0.15, 0.2) is 48.5 Å². The molecule has 0 saturated carbocycles. The van der Waals surface area contributed by atoms with Gasteiger partial charge in [0.2, 0.25) is 0 Å². The number of alkyl halides is 3. The van der Waals surface area contributed by atoms with Gasteiger partial charge < -0.3 is 19.3 Å². The fourth-order valence-electron chi connectivity index (χ4n) is 2.81. The quantitative estimate of drug-likeness (QED) is 0.582. The lowest BCUT2D eigenvalue weighted by molar-refractivity contribution is -0.139. The van der Waals surface area contributed by atoms with E-state index in [0.29, 0.717) is 12.2 Å². The average molecular weight is 447 g/mol. The van der Waals surface area contributed by atoms with E-state index in [1.165, 1.54) is 23.1 Å². The van der Waals surface area contributed by atoms with Gasteiger partial charge in [0.05, 0.1) is 12.2 Å². The molecule has 0 aromatic heterocycles. The molecule has 166 valence electrons. The summed E-state index contributed by atoms with van der Waals surface area (Å²) in [4.78, 5) is 15.0. The SMILES string of the molecule is CN(C)C(=O)Oc1cccc(C(CCOc2ccccc2C(F)(F)F)N(C)C)c1.Cl. The summed E-state index contributed by atoms with van der Waals surface area (Å²) >= 11 is 0. The highest BCUT2D eigenvalue weighted by Gasteiger charge is 2.34. The Morgan fingerprint density at radius 3 is 2.30 bits per heavy atom. The topological polar surface area (TPSA) is 42.0 Å². The van der Waals surface area contributed by atoms with Crippen LogP contribution in [-0.4, -0.2) is 50.7 Å². The van der Waals surface area contributed by atoms with Gasteiger partial charge in [-0.05, 0) is 43.9 Å². The molecule has 0 aliphatic carbocycles. The maximum Gasteiger partial charge on any atom is 0.419 e. The minimum Gasteiger partial charge on any atom is -0.493 e. The number of rotatable bonds is 7. The monoisotopic (exact) mass is 446 g/mol. The number of benzene rings is 2. The van der Waals surface area contributed by atoms with Crippen LogP contribution >= 0.6 is 12.4 Å². The molecule has 9 heteroatoms. The normalized spacial score (nSPS) is 12.1. The van der Waals surface area contributed by atoms with Crippen molar-refractivity contribution in [3.63, 3.8) is 0 Å². The molecule has 0 aliphatic heterocycles. The molecule has 2 aromatic rings. The lowest BCUT2D eigenvalue weighted by Gasteiger charge is -2.25. The van der Waals surface area contributed by atoms with Crippen LogP contribution in [0, 0.1) is 0 Å². The van der Waals surface area contributed by atoms with Gasteiger partial charge in [-0.15, -0.1) is 12.4 Å². The lowest BCUT2D eigenvalue weighted by Crippen LogP contribution is -2.25. The minimum absolute atomic E-state index is 0. The smallest absolute Gasteiger partial charge is 0.419 e. The van der Waals surface area contributed by atoms with Gasteiger partial charge in [-0.3, -0.25) is 0 Å². The van der Waals surface area contributed by atoms with Gasteiger partial charge in [0.15, 0.2) is 0 Å². The number of para-hydroxylation sites is 1. The van der Waals surface area contributed by atoms with Gasteiger partial charge in [0.25, 0.3) is 0 Å². The number of ether oxygens (including phenoxy) is 2. The maximum absolute atomic E-state index is 13.1. The van der Waals surface area contributed by atoms with Crippen molar-refractivity contribution in [1.82, 2.24) is 9.80 Å². The number of carbonyl (C=O) groups excluding carboxylic acids is 1. The fraction of sp³-hybridized carbons (Fsp3) is 0.381. The molecule has 1 amide bonds. The Kier molecular flexibility index (Phi) is 9.45. The van der Waals surface area contributed by atoms with Crippen molar-refractivity contribution in [2.45, 2.75) is 18.6 Å². The van der Waals surface area contributed by atoms with Gasteiger partial charge in [0.1, 0.15) is 11.5 Å². The third-order valence-electron chi connectivity index (χ3n) is 4.28. The van der Waals surface area contributed by atoms with Crippen LogP contribution in [-0.2, 0) is 6.18 Å². The summed E-state index contributed by atoms with van der Waals surface area (Å²) < 4.78 is 50.0. The number of carbonyl (C=O) groups is 1. The summed E-state index contributed by atoms with van der Waals surface area (Å²) in [5.41, 5.74) is 0.0748. The number of hydrogen-bond acceptors (Lipinski definition) is 4. The first-order chi connectivity index (χ1) is 13.6. The molecule has 0 radical (unpaired) electrons. The minimum atomic E-state index is -4.47. The highest BCUT2D eigenvalue weighted by molar-refractivity contribution is 5.85. The standard InChI is InChI=1S/C21H25F3N2O3.ClH/c1-25(2)18(15-8-7-9-16(14-15)29-20(27)26(3)4)12-13-28-19-11-6-5-10-17(19)21(22,23)24;/h5-11,14,18H,12-13H2,1-4H3;1H. The number of halogens is 4. The van der Waals surface area contributed by atoms with Crippen LogP contribution in [0.25, 0.3) is 0 Å². The van der Waals surface area contributed by atoms with E-state index >= 15 is 0 Å². The summed E-state index contributed by atoms with van der Waals surface area (Å²) in [6.07, 6.45) is -4.51. The van der Waals surface area contributed by atoms with Gasteiger partial charge >= 0.3 is 12.3 Å². The predicted molar refractivity (Wildman–Crippen MR) is 111 cm³/mol. The third-order valence-corrected chi connectivity index (χ3v) is 4.28. The van der Waals surface area contributed by atoms with Crippen LogP contribution < -0.4 is 9.47 Å². The van der Waals surface area contributed by atoms with E-state index in [2.05, 4.69) is 0 Å². The molecule has 5 nitrogen and oxygen atoms in total. The van der Waals surface area contributed by atoms with E-state index in [0.717, 1.165) is 11.6 Å². The van der Waals surface area contributed by atoms with Crippen LogP contribution in [0.1, 0.15) is 23.6 Å². The Hall–Kier alpha value is -2.45. The Morgan fingerprint density at radius 1 is 1.03 bits per heavy atom. The van der Waals surface area contributed by atoms with Crippen molar-refractivity contribution in [3.8, 4) is 11.5 Å². The van der Waals surface area contributed by atoms with Crippen molar-refractivity contribution in [3.05, 3.63) is 59.7 Å². The van der Waals surface area contributed by atoms with E-state index in [1.54, 1.807) is 32.3 Å². The molecule has 0 heterocycles. The Balaban J connectivity index is 0.00000450. The van der Waals surface area contributed by atoms with E-state index in [-0.39, 0.29) is 30.8 Å². The molecular weight excluding hydrogens is 421 g/mol. The summed E-state index contributed by atoms with van der Waals surface area (Å²) in [5.74, 6) is 0.211. The van der Waals surface area contributed by atoms with E-state index in [1.807, 2.05) is 25.1 Å². The molecule has 0 N–H and O–H groups in total. The second-order valence-corrected chi connectivity index (χ2v) is 6.95. The third kappa shape index (κ3) is 7.11. The molecule has 0 fully saturated rings. The van der Waals surface area contributed by atoms with Crippen molar-refractivity contribution in [2.75, 3.05) is 34.8 Å². The second-order valence-electron chi connectivity index (χ2n) is 6.95. The molecule has 0 bridgehead atoms. The number of amides is 1. The number of nitrogens with zero attached hydrogens (tertiary/aromatic N) is 2.